The topological polar surface area (TPSA) is 52.6 Å². The average Bonchev–Trinajstić information content (AvgIpc) is 2.89. The highest BCUT2D eigenvalue weighted by Crippen LogP contribution is 2.49. The lowest BCUT2D eigenvalue weighted by Crippen LogP contribution is -2.22. The van der Waals surface area contributed by atoms with Gasteiger partial charge in [0.15, 0.2) is 0 Å². The fraction of sp³-hybridized carbons (Fsp3) is 0.647. The normalized spacial score (nSPS) is 38.2. The molecule has 2 aliphatic carbocycles. The summed E-state index contributed by atoms with van der Waals surface area (Å²) in [6.45, 7) is 7.98. The minimum Gasteiger partial charge on any atom is -0.461 e. The lowest BCUT2D eigenvalue weighted by Gasteiger charge is -2.24. The molecule has 0 aromatic heterocycles. The number of allylic oxidation sites excluding steroid dienone is 1. The molecule has 3 aliphatic rings. The van der Waals surface area contributed by atoms with Gasteiger partial charge in [-0.1, -0.05) is 25.2 Å². The second-order valence-electron chi connectivity index (χ2n) is 6.53. The van der Waals surface area contributed by atoms with Crippen molar-refractivity contribution in [3.63, 3.8) is 0 Å². The molecule has 1 saturated carbocycles. The number of hydrogen-bond donors (Lipinski definition) is 0. The lowest BCUT2D eigenvalue weighted by atomic mass is 9.80. The highest BCUT2D eigenvalue weighted by Gasteiger charge is 2.48. The van der Waals surface area contributed by atoms with Crippen LogP contribution in [0.1, 0.15) is 33.1 Å². The summed E-state index contributed by atoms with van der Waals surface area (Å²) in [7, 11) is 0. The van der Waals surface area contributed by atoms with E-state index in [0.717, 1.165) is 19.3 Å². The maximum atomic E-state index is 11.8. The third-order valence-electron chi connectivity index (χ3n) is 5.31. The quantitative estimate of drug-likeness (QED) is 0.579. The molecular weight excluding hydrogens is 268 g/mol. The van der Waals surface area contributed by atoms with E-state index in [0.29, 0.717) is 18.4 Å². The molecule has 0 N–H and O–H groups in total. The third kappa shape index (κ3) is 2.52. The summed E-state index contributed by atoms with van der Waals surface area (Å²) in [5.41, 5.74) is 2.35. The summed E-state index contributed by atoms with van der Waals surface area (Å²) >= 11 is 0. The van der Waals surface area contributed by atoms with Crippen molar-refractivity contribution in [1.29, 1.82) is 0 Å². The Bertz CT molecular complexity index is 519. The highest BCUT2D eigenvalue weighted by molar-refractivity contribution is 5.75. The molecule has 0 radical (unpaired) electrons. The number of fused-ring (bicyclic) bond motifs is 2. The average molecular weight is 290 g/mol. The molecule has 114 valence electrons. The summed E-state index contributed by atoms with van der Waals surface area (Å²) < 4.78 is 10.7. The molecule has 1 aliphatic heterocycles. The van der Waals surface area contributed by atoms with E-state index in [2.05, 4.69) is 12.7 Å². The standard InChI is InChI=1S/C17H22O4/c1-9-6-16-14(10(2)17(19)21-16)7-15-12(4-5-13(9)15)8-20-11(3)18/h4,10,13-16H,1,5-8H2,2-3H3/t10-,13+,14-,15+,16-/m1/s1. The summed E-state index contributed by atoms with van der Waals surface area (Å²) in [6, 6.07) is 0. The Morgan fingerprint density at radius 1 is 1.48 bits per heavy atom. The van der Waals surface area contributed by atoms with Crippen LogP contribution in [-0.2, 0) is 19.1 Å². The molecule has 0 amide bonds. The van der Waals surface area contributed by atoms with E-state index in [1.54, 1.807) is 0 Å². The van der Waals surface area contributed by atoms with Crippen LogP contribution in [0.3, 0.4) is 0 Å². The summed E-state index contributed by atoms with van der Waals surface area (Å²) in [6.07, 6.45) is 4.83. The van der Waals surface area contributed by atoms with Crippen molar-refractivity contribution in [3.8, 4) is 0 Å². The molecule has 4 nitrogen and oxygen atoms in total. The highest BCUT2D eigenvalue weighted by atomic mass is 16.6. The van der Waals surface area contributed by atoms with Crippen LogP contribution in [0.4, 0.5) is 0 Å². The van der Waals surface area contributed by atoms with E-state index in [4.69, 9.17) is 9.47 Å². The molecule has 2 fully saturated rings. The smallest absolute Gasteiger partial charge is 0.309 e. The number of carbonyl (C=O) groups is 2. The van der Waals surface area contributed by atoms with E-state index >= 15 is 0 Å². The van der Waals surface area contributed by atoms with E-state index in [9.17, 15) is 9.59 Å². The molecule has 0 aromatic rings. The SMILES string of the molecule is C=C1C[C@H]2OC(=O)[C@H](C)[C@H]2C[C@H]2C(COC(C)=O)=CC[C@@H]12. The van der Waals surface area contributed by atoms with Crippen molar-refractivity contribution in [3.05, 3.63) is 23.8 Å². The first-order valence-corrected chi connectivity index (χ1v) is 7.67. The Kier molecular flexibility index (Phi) is 3.64. The van der Waals surface area contributed by atoms with Crippen LogP contribution in [0.5, 0.6) is 0 Å². The van der Waals surface area contributed by atoms with Gasteiger partial charge >= 0.3 is 11.9 Å². The second-order valence-corrected chi connectivity index (χ2v) is 6.53. The van der Waals surface area contributed by atoms with Gasteiger partial charge in [-0.2, -0.15) is 0 Å². The zero-order chi connectivity index (χ0) is 15.1. The second kappa shape index (κ2) is 5.32. The molecule has 5 atom stereocenters. The van der Waals surface area contributed by atoms with Gasteiger partial charge in [0, 0.05) is 19.3 Å². The summed E-state index contributed by atoms with van der Waals surface area (Å²) in [4.78, 5) is 22.9. The van der Waals surface area contributed by atoms with Crippen LogP contribution in [0.2, 0.25) is 0 Å². The van der Waals surface area contributed by atoms with Crippen molar-refractivity contribution in [2.75, 3.05) is 6.61 Å². The van der Waals surface area contributed by atoms with Gasteiger partial charge in [0.25, 0.3) is 0 Å². The minimum absolute atomic E-state index is 0.0134. The van der Waals surface area contributed by atoms with E-state index < -0.39 is 0 Å². The maximum absolute atomic E-state index is 11.8. The Hall–Kier alpha value is -1.58. The Labute approximate surface area is 125 Å². The van der Waals surface area contributed by atoms with Crippen molar-refractivity contribution >= 4 is 11.9 Å². The number of rotatable bonds is 2. The van der Waals surface area contributed by atoms with Crippen molar-refractivity contribution in [2.24, 2.45) is 23.7 Å². The number of hydrogen-bond acceptors (Lipinski definition) is 4. The van der Waals surface area contributed by atoms with Gasteiger partial charge < -0.3 is 9.47 Å². The molecule has 3 rings (SSSR count). The molecule has 0 unspecified atom stereocenters. The van der Waals surface area contributed by atoms with E-state index in [1.165, 1.54) is 18.1 Å². The lowest BCUT2D eigenvalue weighted by molar-refractivity contribution is -0.144. The third-order valence-corrected chi connectivity index (χ3v) is 5.31. The Balaban J connectivity index is 1.79. The zero-order valence-corrected chi connectivity index (χ0v) is 12.6. The number of carbonyl (C=O) groups excluding carboxylic acids is 2. The fourth-order valence-corrected chi connectivity index (χ4v) is 4.06. The Morgan fingerprint density at radius 2 is 2.24 bits per heavy atom. The van der Waals surface area contributed by atoms with Crippen LogP contribution < -0.4 is 0 Å². The minimum atomic E-state index is -0.252. The van der Waals surface area contributed by atoms with Gasteiger partial charge in [-0.25, -0.2) is 0 Å². The fourth-order valence-electron chi connectivity index (χ4n) is 4.06. The van der Waals surface area contributed by atoms with Crippen LogP contribution in [0.25, 0.3) is 0 Å². The van der Waals surface area contributed by atoms with Gasteiger partial charge in [-0.15, -0.1) is 0 Å². The Morgan fingerprint density at radius 3 is 2.95 bits per heavy atom. The van der Waals surface area contributed by atoms with Crippen LogP contribution in [-0.4, -0.2) is 24.6 Å². The van der Waals surface area contributed by atoms with Crippen molar-refractivity contribution < 1.29 is 19.1 Å². The largest absolute Gasteiger partial charge is 0.461 e. The van der Waals surface area contributed by atoms with Crippen LogP contribution >= 0.6 is 0 Å². The number of esters is 2. The van der Waals surface area contributed by atoms with Gasteiger partial charge in [0.2, 0.25) is 0 Å². The number of ether oxygens (including phenoxy) is 2. The summed E-state index contributed by atoms with van der Waals surface area (Å²) in [5.74, 6) is 0.619. The van der Waals surface area contributed by atoms with Crippen LogP contribution in [0, 0.1) is 23.7 Å². The molecule has 1 heterocycles. The molecular formula is C17H22O4. The van der Waals surface area contributed by atoms with Gasteiger partial charge in [0.05, 0.1) is 5.92 Å². The van der Waals surface area contributed by atoms with Crippen molar-refractivity contribution in [2.45, 2.75) is 39.2 Å². The van der Waals surface area contributed by atoms with Gasteiger partial charge in [-0.05, 0) is 30.3 Å². The molecule has 4 heteroatoms. The van der Waals surface area contributed by atoms with E-state index in [-0.39, 0.29) is 29.9 Å². The monoisotopic (exact) mass is 290 g/mol. The predicted octanol–water partition coefficient (Wildman–Crippen LogP) is 2.64. The molecule has 1 saturated heterocycles. The van der Waals surface area contributed by atoms with E-state index in [1.807, 2.05) is 6.92 Å². The molecule has 0 aromatic carbocycles. The first kappa shape index (κ1) is 14.4. The molecule has 0 spiro atoms. The first-order valence-electron chi connectivity index (χ1n) is 7.67. The maximum Gasteiger partial charge on any atom is 0.309 e. The first-order chi connectivity index (χ1) is 9.97. The molecule has 21 heavy (non-hydrogen) atoms. The zero-order valence-electron chi connectivity index (χ0n) is 12.6. The van der Waals surface area contributed by atoms with Gasteiger partial charge in [0.1, 0.15) is 12.7 Å². The van der Waals surface area contributed by atoms with Crippen molar-refractivity contribution in [1.82, 2.24) is 0 Å². The predicted molar refractivity (Wildman–Crippen MR) is 77.2 cm³/mol. The van der Waals surface area contributed by atoms with Crippen LogP contribution in [0.15, 0.2) is 23.8 Å². The van der Waals surface area contributed by atoms with Gasteiger partial charge in [-0.3, -0.25) is 9.59 Å². The summed E-state index contributed by atoms with van der Waals surface area (Å²) in [5, 5.41) is 0. The molecule has 0 bridgehead atoms.